The quantitative estimate of drug-likeness (QED) is 0.639. The molecule has 0 aromatic rings. The summed E-state index contributed by atoms with van der Waals surface area (Å²) < 4.78 is 0. The van der Waals surface area contributed by atoms with E-state index in [1.165, 1.54) is 0 Å². The minimum absolute atomic E-state index is 0.394. The fourth-order valence-electron chi connectivity index (χ4n) is 1.28. The fraction of sp³-hybridized carbons (Fsp3) is 0.727. The SMILES string of the molecule is C=C(C)CCN(CCC)C(C)C(=O)O. The van der Waals surface area contributed by atoms with Crippen LogP contribution in [-0.4, -0.2) is 35.1 Å². The summed E-state index contributed by atoms with van der Waals surface area (Å²) in [5, 5.41) is 8.88. The van der Waals surface area contributed by atoms with Gasteiger partial charge in [0.25, 0.3) is 0 Å². The minimum Gasteiger partial charge on any atom is -0.480 e. The third-order valence-corrected chi connectivity index (χ3v) is 2.24. The van der Waals surface area contributed by atoms with Gasteiger partial charge in [-0.25, -0.2) is 0 Å². The van der Waals surface area contributed by atoms with Crippen molar-refractivity contribution in [3.05, 3.63) is 12.2 Å². The predicted octanol–water partition coefficient (Wildman–Crippen LogP) is 2.14. The summed E-state index contributed by atoms with van der Waals surface area (Å²) in [4.78, 5) is 12.8. The molecule has 0 aliphatic heterocycles. The monoisotopic (exact) mass is 199 g/mol. The number of nitrogens with zero attached hydrogens (tertiary/aromatic N) is 1. The van der Waals surface area contributed by atoms with Crippen LogP contribution in [0, 0.1) is 0 Å². The first-order chi connectivity index (χ1) is 6.49. The maximum Gasteiger partial charge on any atom is 0.320 e. The van der Waals surface area contributed by atoms with Crippen molar-refractivity contribution in [3.8, 4) is 0 Å². The van der Waals surface area contributed by atoms with Crippen molar-refractivity contribution >= 4 is 5.97 Å². The van der Waals surface area contributed by atoms with E-state index in [4.69, 9.17) is 5.11 Å². The van der Waals surface area contributed by atoms with Gasteiger partial charge in [-0.05, 0) is 33.2 Å². The highest BCUT2D eigenvalue weighted by Gasteiger charge is 2.18. The average molecular weight is 199 g/mol. The highest BCUT2D eigenvalue weighted by Crippen LogP contribution is 2.05. The van der Waals surface area contributed by atoms with E-state index in [-0.39, 0.29) is 0 Å². The van der Waals surface area contributed by atoms with Gasteiger partial charge >= 0.3 is 5.97 Å². The average Bonchev–Trinajstić information content (AvgIpc) is 2.10. The van der Waals surface area contributed by atoms with Gasteiger partial charge in [-0.3, -0.25) is 9.69 Å². The number of rotatable bonds is 7. The zero-order chi connectivity index (χ0) is 11.1. The van der Waals surface area contributed by atoms with Crippen molar-refractivity contribution in [2.75, 3.05) is 13.1 Å². The van der Waals surface area contributed by atoms with Crippen molar-refractivity contribution in [1.82, 2.24) is 4.90 Å². The molecule has 0 aliphatic carbocycles. The molecule has 0 aliphatic rings. The molecule has 0 amide bonds. The topological polar surface area (TPSA) is 40.5 Å². The van der Waals surface area contributed by atoms with E-state index < -0.39 is 12.0 Å². The van der Waals surface area contributed by atoms with E-state index in [1.807, 2.05) is 11.8 Å². The molecular formula is C11H21NO2. The van der Waals surface area contributed by atoms with Crippen molar-refractivity contribution in [1.29, 1.82) is 0 Å². The van der Waals surface area contributed by atoms with Crippen LogP contribution < -0.4 is 0 Å². The number of aliphatic carboxylic acids is 1. The lowest BCUT2D eigenvalue weighted by molar-refractivity contribution is -0.142. The Morgan fingerprint density at radius 2 is 2.07 bits per heavy atom. The third kappa shape index (κ3) is 5.02. The van der Waals surface area contributed by atoms with Crippen molar-refractivity contribution < 1.29 is 9.90 Å². The van der Waals surface area contributed by atoms with Crippen molar-refractivity contribution in [2.24, 2.45) is 0 Å². The van der Waals surface area contributed by atoms with Crippen LogP contribution in [0.1, 0.15) is 33.6 Å². The molecule has 0 radical (unpaired) electrons. The Balaban J connectivity index is 4.13. The van der Waals surface area contributed by atoms with E-state index in [1.54, 1.807) is 6.92 Å². The van der Waals surface area contributed by atoms with E-state index in [2.05, 4.69) is 13.5 Å². The second-order valence-corrected chi connectivity index (χ2v) is 3.76. The van der Waals surface area contributed by atoms with Gasteiger partial charge in [0, 0.05) is 6.54 Å². The maximum atomic E-state index is 10.8. The lowest BCUT2D eigenvalue weighted by Gasteiger charge is -2.25. The largest absolute Gasteiger partial charge is 0.480 e. The van der Waals surface area contributed by atoms with Crippen molar-refractivity contribution in [3.63, 3.8) is 0 Å². The summed E-state index contributed by atoms with van der Waals surface area (Å²) in [6.07, 6.45) is 1.85. The number of carbonyl (C=O) groups is 1. The molecule has 0 saturated heterocycles. The lowest BCUT2D eigenvalue weighted by atomic mass is 10.2. The molecule has 0 saturated carbocycles. The fourth-order valence-corrected chi connectivity index (χ4v) is 1.28. The van der Waals surface area contributed by atoms with Gasteiger partial charge in [0.15, 0.2) is 0 Å². The molecule has 1 unspecified atom stereocenters. The molecule has 0 spiro atoms. The van der Waals surface area contributed by atoms with Crippen LogP contribution in [0.15, 0.2) is 12.2 Å². The zero-order valence-electron chi connectivity index (χ0n) is 9.42. The minimum atomic E-state index is -0.750. The van der Waals surface area contributed by atoms with E-state index in [9.17, 15) is 4.79 Å². The van der Waals surface area contributed by atoms with Gasteiger partial charge in [0.1, 0.15) is 6.04 Å². The first-order valence-electron chi connectivity index (χ1n) is 5.10. The Kier molecular flexibility index (Phi) is 6.21. The smallest absolute Gasteiger partial charge is 0.320 e. The van der Waals surface area contributed by atoms with Crippen LogP contribution in [0.3, 0.4) is 0 Å². The Hall–Kier alpha value is -0.830. The summed E-state index contributed by atoms with van der Waals surface area (Å²) in [7, 11) is 0. The number of carboxylic acid groups (broad SMARTS) is 1. The summed E-state index contributed by atoms with van der Waals surface area (Å²) in [5.41, 5.74) is 1.10. The summed E-state index contributed by atoms with van der Waals surface area (Å²) in [6.45, 7) is 11.2. The molecule has 0 aromatic heterocycles. The Morgan fingerprint density at radius 1 is 1.50 bits per heavy atom. The highest BCUT2D eigenvalue weighted by molar-refractivity contribution is 5.72. The Morgan fingerprint density at radius 3 is 2.43 bits per heavy atom. The second kappa shape index (κ2) is 6.60. The molecular weight excluding hydrogens is 178 g/mol. The standard InChI is InChI=1S/C11H21NO2/c1-5-7-12(8-6-9(2)3)10(4)11(13)14/h10H,2,5-8H2,1,3-4H3,(H,13,14). The number of hydrogen-bond acceptors (Lipinski definition) is 2. The van der Waals surface area contributed by atoms with Gasteiger partial charge in [-0.2, -0.15) is 0 Å². The zero-order valence-corrected chi connectivity index (χ0v) is 9.42. The summed E-state index contributed by atoms with van der Waals surface area (Å²) in [5.74, 6) is -0.750. The third-order valence-electron chi connectivity index (χ3n) is 2.24. The molecule has 0 aromatic carbocycles. The molecule has 0 fully saturated rings. The van der Waals surface area contributed by atoms with Crippen LogP contribution in [0.2, 0.25) is 0 Å². The molecule has 0 heterocycles. The number of hydrogen-bond donors (Lipinski definition) is 1. The molecule has 1 atom stereocenters. The maximum absolute atomic E-state index is 10.8. The molecule has 3 heteroatoms. The van der Waals surface area contributed by atoms with E-state index in [0.717, 1.165) is 31.5 Å². The van der Waals surface area contributed by atoms with Gasteiger partial charge in [0.05, 0.1) is 0 Å². The predicted molar refractivity (Wildman–Crippen MR) is 58.4 cm³/mol. The van der Waals surface area contributed by atoms with Gasteiger partial charge in [0.2, 0.25) is 0 Å². The highest BCUT2D eigenvalue weighted by atomic mass is 16.4. The normalized spacial score (nSPS) is 12.9. The van der Waals surface area contributed by atoms with Crippen molar-refractivity contribution in [2.45, 2.75) is 39.7 Å². The van der Waals surface area contributed by atoms with Crippen LogP contribution in [-0.2, 0) is 4.79 Å². The van der Waals surface area contributed by atoms with E-state index >= 15 is 0 Å². The Labute approximate surface area is 86.4 Å². The molecule has 0 bridgehead atoms. The number of carboxylic acids is 1. The molecule has 14 heavy (non-hydrogen) atoms. The van der Waals surface area contributed by atoms with Crippen LogP contribution in [0.5, 0.6) is 0 Å². The van der Waals surface area contributed by atoms with Gasteiger partial charge < -0.3 is 5.11 Å². The van der Waals surface area contributed by atoms with Crippen LogP contribution in [0.4, 0.5) is 0 Å². The molecule has 1 N–H and O–H groups in total. The molecule has 3 nitrogen and oxygen atoms in total. The van der Waals surface area contributed by atoms with Gasteiger partial charge in [-0.1, -0.05) is 12.5 Å². The lowest BCUT2D eigenvalue weighted by Crippen LogP contribution is -2.40. The first kappa shape index (κ1) is 13.2. The molecule has 0 rings (SSSR count). The summed E-state index contributed by atoms with van der Waals surface area (Å²) in [6, 6.07) is -0.394. The molecule has 82 valence electrons. The Bertz CT molecular complexity index is 201. The van der Waals surface area contributed by atoms with Crippen LogP contribution in [0.25, 0.3) is 0 Å². The van der Waals surface area contributed by atoms with Crippen LogP contribution >= 0.6 is 0 Å². The van der Waals surface area contributed by atoms with E-state index in [0.29, 0.717) is 0 Å². The first-order valence-corrected chi connectivity index (χ1v) is 5.10. The van der Waals surface area contributed by atoms with Gasteiger partial charge in [-0.15, -0.1) is 6.58 Å². The second-order valence-electron chi connectivity index (χ2n) is 3.76. The summed E-state index contributed by atoms with van der Waals surface area (Å²) >= 11 is 0.